The van der Waals surface area contributed by atoms with Gasteiger partial charge in [0.15, 0.2) is 11.6 Å². The molecule has 1 aromatic carbocycles. The lowest BCUT2D eigenvalue weighted by Gasteiger charge is -2.29. The van der Waals surface area contributed by atoms with Crippen LogP contribution >= 0.6 is 0 Å². The number of benzene rings is 1. The Balaban J connectivity index is 1.82. The van der Waals surface area contributed by atoms with Crippen molar-refractivity contribution in [2.75, 3.05) is 11.9 Å². The Labute approximate surface area is 170 Å². The molecule has 3 rings (SSSR count). The molecule has 156 valence electrons. The lowest BCUT2D eigenvalue weighted by atomic mass is 10.0. The van der Waals surface area contributed by atoms with Gasteiger partial charge in [-0.25, -0.2) is 31.3 Å². The van der Waals surface area contributed by atoms with Gasteiger partial charge in [-0.1, -0.05) is 0 Å². The number of nitriles is 1. The number of fused-ring (bicyclic) bond motifs is 1. The first kappa shape index (κ1) is 21.1. The van der Waals surface area contributed by atoms with Gasteiger partial charge >= 0.3 is 6.03 Å². The van der Waals surface area contributed by atoms with E-state index in [0.29, 0.717) is 17.2 Å². The maximum atomic E-state index is 14.1. The monoisotopic (exact) mass is 435 g/mol. The Bertz CT molecular complexity index is 1210. The van der Waals surface area contributed by atoms with Crippen molar-refractivity contribution in [2.45, 2.75) is 24.8 Å². The molecule has 0 fully saturated rings. The van der Waals surface area contributed by atoms with Crippen molar-refractivity contribution in [3.8, 4) is 6.07 Å². The first-order valence-corrected chi connectivity index (χ1v) is 9.98. The minimum Gasteiger partial charge on any atom is -0.348 e. The standard InChI is InChI=1S/C18H15F2N5O4S/c1-9-5-11(6-21)22-7-12(9)10(2)23-15(26)8-25-18(27)24-14-4-3-13(19)16(20)17(14)30(25,28)29/h3-5,7,10H,8H2,1-2H3,(H,23,26)(H,24,27)/t10-/m1/s1. The highest BCUT2D eigenvalue weighted by Crippen LogP contribution is 2.33. The number of hydrogen-bond acceptors (Lipinski definition) is 6. The van der Waals surface area contributed by atoms with E-state index in [9.17, 15) is 26.8 Å². The summed E-state index contributed by atoms with van der Waals surface area (Å²) < 4.78 is 53.0. The quantitative estimate of drug-likeness (QED) is 0.754. The molecule has 2 heterocycles. The molecule has 12 heteroatoms. The van der Waals surface area contributed by atoms with E-state index < -0.39 is 56.8 Å². The van der Waals surface area contributed by atoms with E-state index in [1.54, 1.807) is 13.8 Å². The van der Waals surface area contributed by atoms with Crippen molar-refractivity contribution < 1.29 is 26.8 Å². The fourth-order valence-electron chi connectivity index (χ4n) is 3.01. The molecule has 2 aromatic rings. The third kappa shape index (κ3) is 3.67. The Morgan fingerprint density at radius 1 is 1.40 bits per heavy atom. The summed E-state index contributed by atoms with van der Waals surface area (Å²) in [7, 11) is -4.80. The van der Waals surface area contributed by atoms with E-state index in [1.807, 2.05) is 6.07 Å². The summed E-state index contributed by atoms with van der Waals surface area (Å²) in [4.78, 5) is 27.4. The number of anilines is 1. The summed E-state index contributed by atoms with van der Waals surface area (Å²) in [5.74, 6) is -3.91. The molecule has 30 heavy (non-hydrogen) atoms. The number of rotatable bonds is 4. The first-order valence-electron chi connectivity index (χ1n) is 8.54. The first-order chi connectivity index (χ1) is 14.1. The van der Waals surface area contributed by atoms with Crippen LogP contribution in [0.3, 0.4) is 0 Å². The van der Waals surface area contributed by atoms with Gasteiger partial charge in [-0.15, -0.1) is 0 Å². The van der Waals surface area contributed by atoms with Crippen molar-refractivity contribution in [2.24, 2.45) is 0 Å². The minimum absolute atomic E-state index is 0.129. The van der Waals surface area contributed by atoms with Gasteiger partial charge in [0.2, 0.25) is 5.91 Å². The molecule has 0 saturated carbocycles. The van der Waals surface area contributed by atoms with Crippen LogP contribution in [0.4, 0.5) is 19.3 Å². The number of pyridine rings is 1. The van der Waals surface area contributed by atoms with E-state index >= 15 is 0 Å². The predicted molar refractivity (Wildman–Crippen MR) is 99.5 cm³/mol. The highest BCUT2D eigenvalue weighted by Gasteiger charge is 2.41. The molecule has 0 aliphatic carbocycles. The van der Waals surface area contributed by atoms with Crippen LogP contribution in [0, 0.1) is 29.9 Å². The molecule has 0 spiro atoms. The molecule has 1 aromatic heterocycles. The van der Waals surface area contributed by atoms with Crippen LogP contribution in [0.1, 0.15) is 29.8 Å². The van der Waals surface area contributed by atoms with Crippen molar-refractivity contribution in [3.63, 3.8) is 0 Å². The van der Waals surface area contributed by atoms with Crippen molar-refractivity contribution >= 4 is 27.6 Å². The van der Waals surface area contributed by atoms with Gasteiger partial charge in [-0.05, 0) is 43.2 Å². The molecule has 9 nitrogen and oxygen atoms in total. The van der Waals surface area contributed by atoms with Gasteiger partial charge in [-0.2, -0.15) is 5.26 Å². The zero-order valence-corrected chi connectivity index (χ0v) is 16.5. The van der Waals surface area contributed by atoms with E-state index in [4.69, 9.17) is 5.26 Å². The number of nitrogens with zero attached hydrogens (tertiary/aromatic N) is 3. The molecular weight excluding hydrogens is 420 g/mol. The molecule has 0 bridgehead atoms. The third-order valence-corrected chi connectivity index (χ3v) is 6.25. The molecule has 2 N–H and O–H groups in total. The van der Waals surface area contributed by atoms with Crippen LogP contribution in [-0.4, -0.2) is 36.2 Å². The highest BCUT2D eigenvalue weighted by atomic mass is 32.2. The number of hydrogen-bond donors (Lipinski definition) is 2. The Hall–Kier alpha value is -3.59. The normalized spacial score (nSPS) is 15.6. The maximum Gasteiger partial charge on any atom is 0.336 e. The largest absolute Gasteiger partial charge is 0.348 e. The van der Waals surface area contributed by atoms with Crippen LogP contribution in [0.25, 0.3) is 0 Å². The maximum absolute atomic E-state index is 14.1. The number of carbonyl (C=O) groups is 2. The number of aryl methyl sites for hydroxylation is 1. The molecule has 1 aliphatic rings. The molecule has 3 amide bonds. The Kier molecular flexibility index (Phi) is 5.41. The molecular formula is C18H15F2N5O4S. The number of sulfonamides is 1. The number of urea groups is 1. The highest BCUT2D eigenvalue weighted by molar-refractivity contribution is 7.90. The molecule has 1 aliphatic heterocycles. The van der Waals surface area contributed by atoms with Gasteiger partial charge < -0.3 is 10.6 Å². The molecule has 0 saturated heterocycles. The summed E-state index contributed by atoms with van der Waals surface area (Å²) in [6.45, 7) is 2.36. The van der Waals surface area contributed by atoms with E-state index in [-0.39, 0.29) is 10.00 Å². The summed E-state index contributed by atoms with van der Waals surface area (Å²) >= 11 is 0. The van der Waals surface area contributed by atoms with Crippen LogP contribution in [0.15, 0.2) is 29.3 Å². The lowest BCUT2D eigenvalue weighted by Crippen LogP contribution is -2.49. The topological polar surface area (TPSA) is 132 Å². The Morgan fingerprint density at radius 3 is 2.73 bits per heavy atom. The fourth-order valence-corrected chi connectivity index (χ4v) is 4.51. The van der Waals surface area contributed by atoms with Crippen molar-refractivity contribution in [1.82, 2.24) is 14.6 Å². The number of nitrogens with one attached hydrogen (secondary N) is 2. The minimum atomic E-state index is -4.80. The molecule has 1 atom stereocenters. The summed E-state index contributed by atoms with van der Waals surface area (Å²) in [6.07, 6.45) is 1.40. The van der Waals surface area contributed by atoms with Crippen LogP contribution < -0.4 is 10.6 Å². The second-order valence-corrected chi connectivity index (χ2v) is 8.31. The Morgan fingerprint density at radius 2 is 2.10 bits per heavy atom. The zero-order valence-electron chi connectivity index (χ0n) is 15.7. The number of amides is 3. The van der Waals surface area contributed by atoms with E-state index in [2.05, 4.69) is 15.6 Å². The van der Waals surface area contributed by atoms with Crippen molar-refractivity contribution in [3.05, 3.63) is 52.9 Å². The average Bonchev–Trinajstić information content (AvgIpc) is 2.67. The van der Waals surface area contributed by atoms with Crippen LogP contribution in [-0.2, 0) is 14.8 Å². The molecule has 0 radical (unpaired) electrons. The lowest BCUT2D eigenvalue weighted by molar-refractivity contribution is -0.121. The fraction of sp³-hybridized carbons (Fsp3) is 0.222. The second-order valence-electron chi connectivity index (χ2n) is 6.51. The van der Waals surface area contributed by atoms with Gasteiger partial charge in [0.25, 0.3) is 10.0 Å². The molecule has 0 unspecified atom stereocenters. The number of halogens is 2. The van der Waals surface area contributed by atoms with E-state index in [0.717, 1.165) is 6.07 Å². The van der Waals surface area contributed by atoms with Crippen LogP contribution in [0.2, 0.25) is 0 Å². The summed E-state index contributed by atoms with van der Waals surface area (Å²) in [5, 5.41) is 13.5. The van der Waals surface area contributed by atoms with Gasteiger partial charge in [0, 0.05) is 6.20 Å². The predicted octanol–water partition coefficient (Wildman–Crippen LogP) is 1.95. The third-order valence-electron chi connectivity index (χ3n) is 4.46. The number of carbonyl (C=O) groups excluding carboxylic acids is 2. The summed E-state index contributed by atoms with van der Waals surface area (Å²) in [5.41, 5.74) is 1.03. The SMILES string of the molecule is Cc1cc(C#N)ncc1[C@@H](C)NC(=O)CN1C(=O)Nc2ccc(F)c(F)c2S1(=O)=O. The van der Waals surface area contributed by atoms with Gasteiger partial charge in [0.1, 0.15) is 23.2 Å². The average molecular weight is 435 g/mol. The second kappa shape index (κ2) is 7.68. The van der Waals surface area contributed by atoms with Crippen LogP contribution in [0.5, 0.6) is 0 Å². The zero-order chi connectivity index (χ0) is 22.2. The van der Waals surface area contributed by atoms with Gasteiger partial charge in [-0.3, -0.25) is 4.79 Å². The van der Waals surface area contributed by atoms with E-state index in [1.165, 1.54) is 12.3 Å². The number of aromatic nitrogens is 1. The summed E-state index contributed by atoms with van der Waals surface area (Å²) in [6, 6.07) is 3.21. The van der Waals surface area contributed by atoms with Gasteiger partial charge in [0.05, 0.1) is 11.7 Å². The van der Waals surface area contributed by atoms with Crippen molar-refractivity contribution in [1.29, 1.82) is 5.26 Å². The smallest absolute Gasteiger partial charge is 0.336 e.